The van der Waals surface area contributed by atoms with Crippen molar-refractivity contribution in [2.24, 2.45) is 4.99 Å². The van der Waals surface area contributed by atoms with Crippen LogP contribution in [0, 0.1) is 11.5 Å². The maximum atomic E-state index is 8.05. The smallest absolute Gasteiger partial charge is 0.207 e. The van der Waals surface area contributed by atoms with Crippen LogP contribution in [0.5, 0.6) is 0 Å². The lowest BCUT2D eigenvalue weighted by Gasteiger charge is -2.06. The highest BCUT2D eigenvalue weighted by atomic mass is 15.2. The summed E-state index contributed by atoms with van der Waals surface area (Å²) >= 11 is 0. The molecule has 1 saturated heterocycles. The van der Waals surface area contributed by atoms with Gasteiger partial charge in [-0.2, -0.15) is 10.3 Å². The van der Waals surface area contributed by atoms with Gasteiger partial charge in [-0.25, -0.2) is 0 Å². The molecular formula is C6H9N3. The third-order valence-electron chi connectivity index (χ3n) is 1.42. The zero-order valence-electron chi connectivity index (χ0n) is 5.25. The molecule has 48 valence electrons. The van der Waals surface area contributed by atoms with Crippen molar-refractivity contribution in [2.75, 3.05) is 13.1 Å². The summed E-state index contributed by atoms with van der Waals surface area (Å²) in [6.45, 7) is 2.12. The highest BCUT2D eigenvalue weighted by molar-refractivity contribution is 5.56. The third-order valence-corrected chi connectivity index (χ3v) is 1.42. The maximum absolute atomic E-state index is 8.05. The number of likely N-dealkylation sites (tertiary alicyclic amines) is 1. The molecular weight excluding hydrogens is 114 g/mol. The highest BCUT2D eigenvalue weighted by Gasteiger charge is 2.05. The van der Waals surface area contributed by atoms with Gasteiger partial charge >= 0.3 is 0 Å². The van der Waals surface area contributed by atoms with Crippen molar-refractivity contribution in [3.05, 3.63) is 0 Å². The normalized spacial score (nSPS) is 18.8. The molecule has 0 N–H and O–H groups in total. The van der Waals surface area contributed by atoms with Crippen LogP contribution in [0.3, 0.4) is 0 Å². The summed E-state index contributed by atoms with van der Waals surface area (Å²) in [5, 5.41) is 8.05. The van der Waals surface area contributed by atoms with Crippen LogP contribution in [0.4, 0.5) is 0 Å². The molecule has 9 heavy (non-hydrogen) atoms. The third kappa shape index (κ3) is 1.73. The molecule has 3 nitrogen and oxygen atoms in total. The number of hydrogen-bond acceptors (Lipinski definition) is 2. The molecule has 1 aliphatic heterocycles. The number of nitrogens with zero attached hydrogens (tertiary/aromatic N) is 3. The Morgan fingerprint density at radius 1 is 1.44 bits per heavy atom. The Bertz CT molecular complexity index is 139. The van der Waals surface area contributed by atoms with Gasteiger partial charge in [-0.15, -0.1) is 0 Å². The lowest BCUT2D eigenvalue weighted by atomic mass is 10.4. The Balaban J connectivity index is 2.28. The summed E-state index contributed by atoms with van der Waals surface area (Å²) in [5.41, 5.74) is 0. The lowest BCUT2D eigenvalue weighted by Crippen LogP contribution is -2.15. The van der Waals surface area contributed by atoms with Crippen LogP contribution in [-0.2, 0) is 0 Å². The van der Waals surface area contributed by atoms with E-state index in [0.29, 0.717) is 0 Å². The minimum absolute atomic E-state index is 1.06. The Morgan fingerprint density at radius 2 is 2.11 bits per heavy atom. The van der Waals surface area contributed by atoms with Gasteiger partial charge in [0.25, 0.3) is 0 Å². The van der Waals surface area contributed by atoms with E-state index in [4.69, 9.17) is 5.26 Å². The molecule has 0 radical (unpaired) electrons. The minimum Gasteiger partial charge on any atom is -0.362 e. The Kier molecular flexibility index (Phi) is 2.08. The minimum atomic E-state index is 1.06. The van der Waals surface area contributed by atoms with Crippen molar-refractivity contribution in [3.8, 4) is 6.19 Å². The highest BCUT2D eigenvalue weighted by Crippen LogP contribution is 2.03. The predicted octanol–water partition coefficient (Wildman–Crippen LogP) is 0.592. The van der Waals surface area contributed by atoms with Gasteiger partial charge < -0.3 is 4.90 Å². The monoisotopic (exact) mass is 123 g/mol. The van der Waals surface area contributed by atoms with E-state index < -0.39 is 0 Å². The van der Waals surface area contributed by atoms with Gasteiger partial charge in [0.1, 0.15) is 6.34 Å². The van der Waals surface area contributed by atoms with Crippen LogP contribution in [-0.4, -0.2) is 24.3 Å². The summed E-state index contributed by atoms with van der Waals surface area (Å²) in [6, 6.07) is 0. The zero-order valence-corrected chi connectivity index (χ0v) is 5.25. The molecule has 0 unspecified atom stereocenters. The first kappa shape index (κ1) is 6.09. The molecule has 0 aromatic heterocycles. The first-order valence-electron chi connectivity index (χ1n) is 3.10. The summed E-state index contributed by atoms with van der Waals surface area (Å²) in [7, 11) is 0. The number of hydrogen-bond donors (Lipinski definition) is 0. The SMILES string of the molecule is N#C/N=C/N1CCCC1. The average Bonchev–Trinajstić information content (AvgIpc) is 2.34. The summed E-state index contributed by atoms with van der Waals surface area (Å²) in [5.74, 6) is 0. The molecule has 0 spiro atoms. The van der Waals surface area contributed by atoms with E-state index in [1.54, 1.807) is 12.5 Å². The standard InChI is InChI=1S/C6H9N3/c7-5-8-6-9-3-1-2-4-9/h6H,1-4H2/b8-6+. The van der Waals surface area contributed by atoms with Gasteiger partial charge in [0.2, 0.25) is 6.19 Å². The van der Waals surface area contributed by atoms with Gasteiger partial charge in [-0.3, -0.25) is 0 Å². The van der Waals surface area contributed by atoms with E-state index >= 15 is 0 Å². The molecule has 1 rings (SSSR count). The molecule has 1 aliphatic rings. The van der Waals surface area contributed by atoms with Crippen molar-refractivity contribution in [1.82, 2.24) is 4.90 Å². The summed E-state index contributed by atoms with van der Waals surface area (Å²) in [4.78, 5) is 5.52. The lowest BCUT2D eigenvalue weighted by molar-refractivity contribution is 0.536. The van der Waals surface area contributed by atoms with Gasteiger partial charge in [0.15, 0.2) is 0 Å². The van der Waals surface area contributed by atoms with Crippen LogP contribution >= 0.6 is 0 Å². The van der Waals surface area contributed by atoms with Crippen LogP contribution in [0.2, 0.25) is 0 Å². The van der Waals surface area contributed by atoms with Crippen LogP contribution in [0.1, 0.15) is 12.8 Å². The quantitative estimate of drug-likeness (QED) is 0.291. The fourth-order valence-electron chi connectivity index (χ4n) is 0.965. The number of nitriles is 1. The van der Waals surface area contributed by atoms with Gasteiger partial charge in [-0.05, 0) is 12.8 Å². The van der Waals surface area contributed by atoms with E-state index in [-0.39, 0.29) is 0 Å². The number of aliphatic imine (C=N–C) groups is 1. The largest absolute Gasteiger partial charge is 0.362 e. The molecule has 1 heterocycles. The second-order valence-electron chi connectivity index (χ2n) is 2.09. The van der Waals surface area contributed by atoms with Crippen LogP contribution < -0.4 is 0 Å². The summed E-state index contributed by atoms with van der Waals surface area (Å²) in [6.07, 6.45) is 5.81. The van der Waals surface area contributed by atoms with E-state index in [1.165, 1.54) is 12.8 Å². The molecule has 0 amide bonds. The molecule has 1 fully saturated rings. The van der Waals surface area contributed by atoms with Crippen LogP contribution in [0.25, 0.3) is 0 Å². The molecule has 0 saturated carbocycles. The number of rotatable bonds is 1. The topological polar surface area (TPSA) is 39.4 Å². The van der Waals surface area contributed by atoms with E-state index in [9.17, 15) is 0 Å². The Hall–Kier alpha value is -1.04. The molecule has 0 aromatic rings. The van der Waals surface area contributed by atoms with Crippen molar-refractivity contribution in [2.45, 2.75) is 12.8 Å². The molecule has 0 aliphatic carbocycles. The first-order chi connectivity index (χ1) is 4.43. The van der Waals surface area contributed by atoms with E-state index in [1.807, 2.05) is 0 Å². The fourth-order valence-corrected chi connectivity index (χ4v) is 0.965. The second kappa shape index (κ2) is 3.08. The van der Waals surface area contributed by atoms with Crippen molar-refractivity contribution in [1.29, 1.82) is 5.26 Å². The van der Waals surface area contributed by atoms with Gasteiger partial charge in [-0.1, -0.05) is 0 Å². The van der Waals surface area contributed by atoms with Crippen LogP contribution in [0.15, 0.2) is 4.99 Å². The molecule has 0 aromatic carbocycles. The maximum Gasteiger partial charge on any atom is 0.207 e. The fraction of sp³-hybridized carbons (Fsp3) is 0.667. The second-order valence-corrected chi connectivity index (χ2v) is 2.09. The molecule has 0 bridgehead atoms. The molecule has 0 atom stereocenters. The van der Waals surface area contributed by atoms with E-state index in [0.717, 1.165) is 13.1 Å². The average molecular weight is 123 g/mol. The summed E-state index contributed by atoms with van der Waals surface area (Å²) < 4.78 is 0. The Labute approximate surface area is 54.6 Å². The predicted molar refractivity (Wildman–Crippen MR) is 34.9 cm³/mol. The van der Waals surface area contributed by atoms with Crippen molar-refractivity contribution < 1.29 is 0 Å². The Morgan fingerprint density at radius 3 is 2.67 bits per heavy atom. The van der Waals surface area contributed by atoms with Gasteiger partial charge in [0.05, 0.1) is 0 Å². The van der Waals surface area contributed by atoms with Crippen molar-refractivity contribution >= 4 is 6.34 Å². The van der Waals surface area contributed by atoms with Gasteiger partial charge in [0, 0.05) is 13.1 Å². The molecule has 3 heteroatoms. The van der Waals surface area contributed by atoms with Crippen molar-refractivity contribution in [3.63, 3.8) is 0 Å². The van der Waals surface area contributed by atoms with E-state index in [2.05, 4.69) is 9.89 Å². The zero-order chi connectivity index (χ0) is 6.53. The first-order valence-corrected chi connectivity index (χ1v) is 3.10.